The van der Waals surface area contributed by atoms with Crippen LogP contribution < -0.4 is 0 Å². The maximum atomic E-state index is 13.3. The van der Waals surface area contributed by atoms with E-state index in [0.717, 1.165) is 28.6 Å². The molecule has 26 heavy (non-hydrogen) atoms. The molecule has 0 aliphatic carbocycles. The lowest BCUT2D eigenvalue weighted by Crippen LogP contribution is -2.12. The van der Waals surface area contributed by atoms with Crippen molar-refractivity contribution in [2.45, 2.75) is 28.6 Å². The Kier molecular flexibility index (Phi) is 4.97. The van der Waals surface area contributed by atoms with Crippen LogP contribution in [0.3, 0.4) is 0 Å². The lowest BCUT2D eigenvalue weighted by Gasteiger charge is -2.14. The Morgan fingerprint density at radius 3 is 2.31 bits per heavy atom. The molecule has 2 heterocycles. The van der Waals surface area contributed by atoms with Gasteiger partial charge in [-0.1, -0.05) is 17.8 Å². The normalized spacial score (nSPS) is 16.4. The number of hydrogen-bond donors (Lipinski definition) is 0. The van der Waals surface area contributed by atoms with Gasteiger partial charge in [0.2, 0.25) is 0 Å². The first-order valence-corrected chi connectivity index (χ1v) is 8.11. The Bertz CT molecular complexity index is 796. The molecule has 1 aromatic carbocycles. The molecule has 4 nitrogen and oxygen atoms in total. The van der Waals surface area contributed by atoms with E-state index in [-0.39, 0.29) is 28.7 Å². The number of rotatable bonds is 3. The maximum Gasteiger partial charge on any atom is 0.435 e. The van der Waals surface area contributed by atoms with Crippen molar-refractivity contribution >= 4 is 11.8 Å². The molecule has 0 atom stereocenters. The molecule has 1 aromatic heterocycles. The summed E-state index contributed by atoms with van der Waals surface area (Å²) >= 11 is 0.735. The number of alkyl halides is 6. The Morgan fingerprint density at radius 1 is 1.08 bits per heavy atom. The number of ether oxygens (including phenoxy) is 2. The molecule has 0 N–H and O–H groups in total. The zero-order valence-corrected chi connectivity index (χ0v) is 14.0. The topological polar surface area (TPSA) is 36.3 Å². The Balaban J connectivity index is 2.04. The van der Waals surface area contributed by atoms with E-state index in [1.54, 1.807) is 0 Å². The summed E-state index contributed by atoms with van der Waals surface area (Å²) < 4.78 is 89.8. The highest BCUT2D eigenvalue weighted by Crippen LogP contribution is 2.44. The van der Waals surface area contributed by atoms with Crippen LogP contribution in [0.2, 0.25) is 0 Å². The highest BCUT2D eigenvalue weighted by atomic mass is 32.2. The van der Waals surface area contributed by atoms with Gasteiger partial charge in [0.1, 0.15) is 5.03 Å². The van der Waals surface area contributed by atoms with Crippen molar-refractivity contribution in [1.29, 1.82) is 0 Å². The van der Waals surface area contributed by atoms with Crippen LogP contribution in [0, 0.1) is 0 Å². The average molecular weight is 398 g/mol. The molecule has 1 aliphatic rings. The van der Waals surface area contributed by atoms with Gasteiger partial charge in [0.05, 0.1) is 24.3 Å². The van der Waals surface area contributed by atoms with E-state index >= 15 is 0 Å². The Morgan fingerprint density at radius 2 is 1.73 bits per heavy atom. The van der Waals surface area contributed by atoms with Crippen molar-refractivity contribution < 1.29 is 35.8 Å². The third-order valence-electron chi connectivity index (χ3n) is 3.53. The molecular weight excluding hydrogens is 386 g/mol. The van der Waals surface area contributed by atoms with Gasteiger partial charge in [-0.15, -0.1) is 0 Å². The number of benzene rings is 1. The Hall–Kier alpha value is -1.72. The molecule has 1 aliphatic heterocycles. The molecule has 2 aromatic rings. The van der Waals surface area contributed by atoms with E-state index in [0.29, 0.717) is 0 Å². The van der Waals surface area contributed by atoms with Gasteiger partial charge >= 0.3 is 12.4 Å². The molecule has 0 bridgehead atoms. The van der Waals surface area contributed by atoms with Crippen LogP contribution in [0.5, 0.6) is 0 Å². The molecule has 1 fully saturated rings. The van der Waals surface area contributed by atoms with Gasteiger partial charge in [-0.25, -0.2) is 0 Å². The molecule has 0 saturated carbocycles. The second-order valence-corrected chi connectivity index (χ2v) is 6.45. The standard InChI is InChI=1S/C15H12F6N2O2S/c1-23-12(26-9-4-2-3-8(7-9)14(16,17)18)10(13-24-5-6-25-13)11(22-23)15(19,20)21/h2-4,7,13H,5-6H2,1H3. The minimum atomic E-state index is -4.75. The second kappa shape index (κ2) is 6.78. The summed E-state index contributed by atoms with van der Waals surface area (Å²) in [7, 11) is 1.28. The first kappa shape index (κ1) is 19.1. The number of hydrogen-bond acceptors (Lipinski definition) is 4. The van der Waals surface area contributed by atoms with Gasteiger partial charge in [0.25, 0.3) is 0 Å². The van der Waals surface area contributed by atoms with Crippen molar-refractivity contribution in [2.75, 3.05) is 13.2 Å². The van der Waals surface area contributed by atoms with Gasteiger partial charge in [-0.05, 0) is 18.2 Å². The van der Waals surface area contributed by atoms with E-state index in [1.807, 2.05) is 0 Å². The fourth-order valence-corrected chi connectivity index (χ4v) is 3.47. The number of aromatic nitrogens is 2. The molecule has 0 amide bonds. The molecule has 1 saturated heterocycles. The SMILES string of the molecule is Cn1nc(C(F)(F)F)c(C2OCCO2)c1Sc1cccc(C(F)(F)F)c1. The van der Waals surface area contributed by atoms with Crippen LogP contribution in [-0.2, 0) is 28.9 Å². The number of aryl methyl sites for hydroxylation is 1. The monoisotopic (exact) mass is 398 g/mol. The number of nitrogens with zero attached hydrogens (tertiary/aromatic N) is 2. The molecule has 0 spiro atoms. The third kappa shape index (κ3) is 3.84. The summed E-state index contributed by atoms with van der Waals surface area (Å²) in [5, 5.41) is 3.49. The quantitative estimate of drug-likeness (QED) is 0.705. The van der Waals surface area contributed by atoms with E-state index in [2.05, 4.69) is 5.10 Å². The highest BCUT2D eigenvalue weighted by molar-refractivity contribution is 7.99. The summed E-state index contributed by atoms with van der Waals surface area (Å²) in [5.41, 5.74) is -2.41. The van der Waals surface area contributed by atoms with Crippen LogP contribution in [-0.4, -0.2) is 23.0 Å². The molecule has 142 valence electrons. The first-order valence-electron chi connectivity index (χ1n) is 7.30. The van der Waals surface area contributed by atoms with Crippen molar-refractivity contribution in [1.82, 2.24) is 9.78 Å². The fraction of sp³-hybridized carbons (Fsp3) is 0.400. The molecule has 0 unspecified atom stereocenters. The lowest BCUT2D eigenvalue weighted by atomic mass is 10.2. The minimum absolute atomic E-state index is 0.00329. The van der Waals surface area contributed by atoms with Crippen molar-refractivity contribution in [3.63, 3.8) is 0 Å². The van der Waals surface area contributed by atoms with Gasteiger partial charge in [0.15, 0.2) is 12.0 Å². The van der Waals surface area contributed by atoms with Crippen LogP contribution >= 0.6 is 11.8 Å². The summed E-state index contributed by atoms with van der Waals surface area (Å²) in [4.78, 5) is 0.121. The summed E-state index contributed by atoms with van der Waals surface area (Å²) in [6.07, 6.45) is -10.6. The van der Waals surface area contributed by atoms with Gasteiger partial charge in [-0.3, -0.25) is 4.68 Å². The molecule has 11 heteroatoms. The van der Waals surface area contributed by atoms with E-state index in [4.69, 9.17) is 9.47 Å². The molecular formula is C15H12F6N2O2S. The zero-order valence-electron chi connectivity index (χ0n) is 13.2. The fourth-order valence-electron chi connectivity index (χ4n) is 2.44. The van der Waals surface area contributed by atoms with E-state index in [9.17, 15) is 26.3 Å². The summed E-state index contributed by atoms with van der Waals surface area (Å²) in [6, 6.07) is 4.32. The smallest absolute Gasteiger partial charge is 0.346 e. The van der Waals surface area contributed by atoms with Gasteiger partial charge < -0.3 is 9.47 Å². The Labute approximate surface area is 148 Å². The molecule has 3 rings (SSSR count). The summed E-state index contributed by atoms with van der Waals surface area (Å²) in [6.45, 7) is 0.231. The van der Waals surface area contributed by atoms with E-state index < -0.39 is 29.9 Å². The third-order valence-corrected chi connectivity index (χ3v) is 4.70. The first-order chi connectivity index (χ1) is 12.1. The molecule has 0 radical (unpaired) electrons. The van der Waals surface area contributed by atoms with Crippen LogP contribution in [0.1, 0.15) is 23.1 Å². The van der Waals surface area contributed by atoms with Crippen LogP contribution in [0.15, 0.2) is 34.2 Å². The average Bonchev–Trinajstić information content (AvgIpc) is 3.15. The van der Waals surface area contributed by atoms with Crippen molar-refractivity contribution in [3.05, 3.63) is 41.1 Å². The van der Waals surface area contributed by atoms with Gasteiger partial charge in [-0.2, -0.15) is 31.4 Å². The lowest BCUT2D eigenvalue weighted by molar-refractivity contribution is -0.146. The predicted octanol–water partition coefficient (Wildman–Crippen LogP) is 4.65. The maximum absolute atomic E-state index is 13.3. The largest absolute Gasteiger partial charge is 0.435 e. The van der Waals surface area contributed by atoms with Crippen LogP contribution in [0.4, 0.5) is 26.3 Å². The van der Waals surface area contributed by atoms with Crippen molar-refractivity contribution in [3.8, 4) is 0 Å². The second-order valence-electron chi connectivity index (χ2n) is 5.39. The van der Waals surface area contributed by atoms with Crippen molar-refractivity contribution in [2.24, 2.45) is 7.05 Å². The zero-order chi connectivity index (χ0) is 19.1. The van der Waals surface area contributed by atoms with E-state index in [1.165, 1.54) is 19.2 Å². The highest BCUT2D eigenvalue weighted by Gasteiger charge is 2.43. The number of halogens is 6. The van der Waals surface area contributed by atoms with Gasteiger partial charge in [0, 0.05) is 11.9 Å². The van der Waals surface area contributed by atoms with Crippen LogP contribution in [0.25, 0.3) is 0 Å². The predicted molar refractivity (Wildman–Crippen MR) is 78.4 cm³/mol. The minimum Gasteiger partial charge on any atom is -0.346 e. The summed E-state index contributed by atoms with van der Waals surface area (Å²) in [5.74, 6) is 0.